The number of amides is 2. The third kappa shape index (κ3) is 3.48. The Morgan fingerprint density at radius 3 is 2.58 bits per heavy atom. The highest BCUT2D eigenvalue weighted by Crippen LogP contribution is 2.37. The van der Waals surface area contributed by atoms with Gasteiger partial charge in [0.15, 0.2) is 0 Å². The van der Waals surface area contributed by atoms with E-state index in [2.05, 4.69) is 35.6 Å². The fourth-order valence-electron chi connectivity index (χ4n) is 3.64. The Bertz CT molecular complexity index is 841. The summed E-state index contributed by atoms with van der Waals surface area (Å²) in [5.74, 6) is -0.102. The summed E-state index contributed by atoms with van der Waals surface area (Å²) in [5, 5.41) is 2.92. The molecular formula is C21H22N2O3. The van der Waals surface area contributed by atoms with Crippen molar-refractivity contribution < 1.29 is 14.3 Å². The van der Waals surface area contributed by atoms with Crippen LogP contribution in [0.4, 0.5) is 5.69 Å². The molecule has 2 aliphatic rings. The second-order valence-corrected chi connectivity index (χ2v) is 6.75. The SMILES string of the molecule is O=C(CCC(=O)N1CCOCC1)Nc1ccc2c(c1)Cc1ccccc1-2. The highest BCUT2D eigenvalue weighted by molar-refractivity contribution is 5.94. The van der Waals surface area contributed by atoms with Gasteiger partial charge in [0, 0.05) is 31.6 Å². The standard InChI is InChI=1S/C21H22N2O3/c24-20(7-8-21(25)23-9-11-26-12-10-23)22-17-5-6-19-16(14-17)13-15-3-1-2-4-18(15)19/h1-6,14H,7-13H2,(H,22,24). The van der Waals surface area contributed by atoms with Crippen LogP contribution in [0.5, 0.6) is 0 Å². The number of nitrogens with zero attached hydrogens (tertiary/aromatic N) is 1. The van der Waals surface area contributed by atoms with Crippen LogP contribution in [0.15, 0.2) is 42.5 Å². The molecule has 1 saturated heterocycles. The lowest BCUT2D eigenvalue weighted by Gasteiger charge is -2.26. The molecule has 0 saturated carbocycles. The molecule has 26 heavy (non-hydrogen) atoms. The molecule has 0 radical (unpaired) electrons. The number of hydrogen-bond acceptors (Lipinski definition) is 3. The van der Waals surface area contributed by atoms with Crippen LogP contribution in [0.2, 0.25) is 0 Å². The highest BCUT2D eigenvalue weighted by Gasteiger charge is 2.19. The summed E-state index contributed by atoms with van der Waals surface area (Å²) < 4.78 is 5.24. The molecule has 5 heteroatoms. The van der Waals surface area contributed by atoms with Crippen molar-refractivity contribution in [1.29, 1.82) is 0 Å². The smallest absolute Gasteiger partial charge is 0.224 e. The van der Waals surface area contributed by atoms with Crippen molar-refractivity contribution in [3.63, 3.8) is 0 Å². The molecule has 1 fully saturated rings. The van der Waals surface area contributed by atoms with Gasteiger partial charge < -0.3 is 15.0 Å². The zero-order valence-corrected chi connectivity index (χ0v) is 14.7. The van der Waals surface area contributed by atoms with Gasteiger partial charge in [0.1, 0.15) is 0 Å². The number of ether oxygens (including phenoxy) is 1. The minimum atomic E-state index is -0.123. The quantitative estimate of drug-likeness (QED) is 0.787. The Kier molecular flexibility index (Phi) is 4.71. The molecule has 0 bridgehead atoms. The fraction of sp³-hybridized carbons (Fsp3) is 0.333. The van der Waals surface area contributed by atoms with E-state index in [1.807, 2.05) is 12.1 Å². The number of fused-ring (bicyclic) bond motifs is 3. The van der Waals surface area contributed by atoms with Gasteiger partial charge in [-0.25, -0.2) is 0 Å². The number of carbonyl (C=O) groups excluding carboxylic acids is 2. The Hall–Kier alpha value is -2.66. The normalized spacial score (nSPS) is 15.3. The van der Waals surface area contributed by atoms with Crippen LogP contribution >= 0.6 is 0 Å². The molecule has 1 aliphatic carbocycles. The molecule has 1 aliphatic heterocycles. The lowest BCUT2D eigenvalue weighted by atomic mass is 10.1. The van der Waals surface area contributed by atoms with E-state index >= 15 is 0 Å². The molecule has 5 nitrogen and oxygen atoms in total. The molecule has 134 valence electrons. The maximum Gasteiger partial charge on any atom is 0.224 e. The van der Waals surface area contributed by atoms with Crippen LogP contribution in [0.1, 0.15) is 24.0 Å². The summed E-state index contributed by atoms with van der Waals surface area (Å²) >= 11 is 0. The number of morpholine rings is 1. The number of anilines is 1. The van der Waals surface area contributed by atoms with E-state index in [1.54, 1.807) is 4.90 Å². The van der Waals surface area contributed by atoms with E-state index in [-0.39, 0.29) is 24.7 Å². The van der Waals surface area contributed by atoms with Crippen LogP contribution < -0.4 is 5.32 Å². The largest absolute Gasteiger partial charge is 0.378 e. The monoisotopic (exact) mass is 350 g/mol. The summed E-state index contributed by atoms with van der Waals surface area (Å²) in [6.45, 7) is 2.39. The van der Waals surface area contributed by atoms with Crippen molar-refractivity contribution >= 4 is 17.5 Å². The van der Waals surface area contributed by atoms with E-state index in [0.717, 1.165) is 12.1 Å². The predicted molar refractivity (Wildman–Crippen MR) is 99.9 cm³/mol. The highest BCUT2D eigenvalue weighted by atomic mass is 16.5. The minimum Gasteiger partial charge on any atom is -0.378 e. The molecule has 0 aromatic heterocycles. The molecule has 2 aromatic carbocycles. The van der Waals surface area contributed by atoms with Crippen LogP contribution in [0, 0.1) is 0 Å². The van der Waals surface area contributed by atoms with E-state index in [1.165, 1.54) is 22.3 Å². The summed E-state index contributed by atoms with van der Waals surface area (Å²) in [6, 6.07) is 14.4. The van der Waals surface area contributed by atoms with Gasteiger partial charge in [-0.3, -0.25) is 9.59 Å². The van der Waals surface area contributed by atoms with Crippen LogP contribution in [0.3, 0.4) is 0 Å². The second-order valence-electron chi connectivity index (χ2n) is 6.75. The van der Waals surface area contributed by atoms with Crippen LogP contribution in [0.25, 0.3) is 11.1 Å². The van der Waals surface area contributed by atoms with Gasteiger partial charge in [0.2, 0.25) is 11.8 Å². The van der Waals surface area contributed by atoms with Crippen LogP contribution in [-0.2, 0) is 20.7 Å². The first kappa shape index (κ1) is 16.8. The summed E-state index contributed by atoms with van der Waals surface area (Å²) in [6.07, 6.45) is 1.33. The molecule has 2 aromatic rings. The van der Waals surface area contributed by atoms with Gasteiger partial charge in [-0.05, 0) is 40.8 Å². The zero-order chi connectivity index (χ0) is 17.9. The lowest BCUT2D eigenvalue weighted by molar-refractivity contribution is -0.136. The molecule has 2 amide bonds. The average molecular weight is 350 g/mol. The maximum absolute atomic E-state index is 12.2. The summed E-state index contributed by atoms with van der Waals surface area (Å²) in [4.78, 5) is 26.1. The second kappa shape index (κ2) is 7.30. The molecule has 0 spiro atoms. The average Bonchev–Trinajstić information content (AvgIpc) is 3.04. The van der Waals surface area contributed by atoms with E-state index in [4.69, 9.17) is 4.74 Å². The number of rotatable bonds is 4. The van der Waals surface area contributed by atoms with Gasteiger partial charge >= 0.3 is 0 Å². The molecule has 0 atom stereocenters. The maximum atomic E-state index is 12.2. The number of carbonyl (C=O) groups is 2. The van der Waals surface area contributed by atoms with Crippen molar-refractivity contribution in [3.05, 3.63) is 53.6 Å². The third-order valence-electron chi connectivity index (χ3n) is 5.01. The van der Waals surface area contributed by atoms with Gasteiger partial charge in [0.05, 0.1) is 13.2 Å². The minimum absolute atomic E-state index is 0.0212. The predicted octanol–water partition coefficient (Wildman–Crippen LogP) is 2.84. The Morgan fingerprint density at radius 1 is 0.962 bits per heavy atom. The van der Waals surface area contributed by atoms with E-state index in [9.17, 15) is 9.59 Å². The first-order valence-corrected chi connectivity index (χ1v) is 9.07. The fourth-order valence-corrected chi connectivity index (χ4v) is 3.64. The van der Waals surface area contributed by atoms with Gasteiger partial charge in [0.25, 0.3) is 0 Å². The van der Waals surface area contributed by atoms with Crippen molar-refractivity contribution in [2.24, 2.45) is 0 Å². The number of hydrogen-bond donors (Lipinski definition) is 1. The number of nitrogens with one attached hydrogen (secondary N) is 1. The first-order valence-electron chi connectivity index (χ1n) is 9.07. The third-order valence-corrected chi connectivity index (χ3v) is 5.01. The van der Waals surface area contributed by atoms with Crippen molar-refractivity contribution in [3.8, 4) is 11.1 Å². The van der Waals surface area contributed by atoms with Crippen LogP contribution in [-0.4, -0.2) is 43.0 Å². The Labute approximate surface area is 153 Å². The number of benzene rings is 2. The van der Waals surface area contributed by atoms with E-state index in [0.29, 0.717) is 26.3 Å². The first-order chi connectivity index (χ1) is 12.7. The summed E-state index contributed by atoms with van der Waals surface area (Å²) in [7, 11) is 0. The molecule has 1 N–H and O–H groups in total. The molecule has 4 rings (SSSR count). The zero-order valence-electron chi connectivity index (χ0n) is 14.7. The van der Waals surface area contributed by atoms with Gasteiger partial charge in [-0.15, -0.1) is 0 Å². The van der Waals surface area contributed by atoms with E-state index < -0.39 is 0 Å². The molecular weight excluding hydrogens is 328 g/mol. The lowest BCUT2D eigenvalue weighted by Crippen LogP contribution is -2.40. The van der Waals surface area contributed by atoms with Crippen molar-refractivity contribution in [1.82, 2.24) is 4.90 Å². The topological polar surface area (TPSA) is 58.6 Å². The Balaban J connectivity index is 1.34. The van der Waals surface area contributed by atoms with Crippen molar-refractivity contribution in [2.75, 3.05) is 31.6 Å². The molecule has 0 unspecified atom stereocenters. The molecule has 1 heterocycles. The van der Waals surface area contributed by atoms with Gasteiger partial charge in [-0.1, -0.05) is 30.3 Å². The summed E-state index contributed by atoms with van der Waals surface area (Å²) in [5.41, 5.74) is 5.86. The Morgan fingerprint density at radius 2 is 1.73 bits per heavy atom. The van der Waals surface area contributed by atoms with Gasteiger partial charge in [-0.2, -0.15) is 0 Å². The van der Waals surface area contributed by atoms with Crippen molar-refractivity contribution in [2.45, 2.75) is 19.3 Å².